The Morgan fingerprint density at radius 2 is 1.65 bits per heavy atom. The SMILES string of the molecule is CN1CCN(c2cccc3ccc(OC(=O)c4ccccc4)cc23)CC1. The molecular formula is C22H22N2O2. The summed E-state index contributed by atoms with van der Waals surface area (Å²) in [5, 5.41) is 2.27. The molecule has 3 aromatic rings. The van der Waals surface area contributed by atoms with Crippen LogP contribution in [-0.4, -0.2) is 44.1 Å². The number of hydrogen-bond acceptors (Lipinski definition) is 4. The third-order valence-electron chi connectivity index (χ3n) is 4.89. The van der Waals surface area contributed by atoms with Crippen molar-refractivity contribution < 1.29 is 9.53 Å². The molecule has 132 valence electrons. The lowest BCUT2D eigenvalue weighted by Gasteiger charge is -2.34. The molecule has 1 fully saturated rings. The van der Waals surface area contributed by atoms with E-state index in [0.29, 0.717) is 11.3 Å². The third kappa shape index (κ3) is 3.41. The highest BCUT2D eigenvalue weighted by atomic mass is 16.5. The number of likely N-dealkylation sites (N-methyl/N-ethyl adjacent to an activating group) is 1. The number of anilines is 1. The molecule has 1 aliphatic rings. The highest BCUT2D eigenvalue weighted by molar-refractivity contribution is 5.96. The van der Waals surface area contributed by atoms with Crippen LogP contribution in [-0.2, 0) is 0 Å². The maximum atomic E-state index is 12.3. The minimum Gasteiger partial charge on any atom is -0.423 e. The van der Waals surface area contributed by atoms with E-state index in [1.807, 2.05) is 36.4 Å². The maximum absolute atomic E-state index is 12.3. The van der Waals surface area contributed by atoms with Crippen LogP contribution in [0.25, 0.3) is 10.8 Å². The van der Waals surface area contributed by atoms with Crippen LogP contribution in [0.2, 0.25) is 0 Å². The van der Waals surface area contributed by atoms with Crippen LogP contribution in [0.1, 0.15) is 10.4 Å². The van der Waals surface area contributed by atoms with Crippen molar-refractivity contribution in [1.82, 2.24) is 4.90 Å². The van der Waals surface area contributed by atoms with Gasteiger partial charge >= 0.3 is 5.97 Å². The van der Waals surface area contributed by atoms with Gasteiger partial charge in [-0.25, -0.2) is 4.79 Å². The molecule has 0 spiro atoms. The van der Waals surface area contributed by atoms with Gasteiger partial charge in [-0.15, -0.1) is 0 Å². The van der Waals surface area contributed by atoms with Gasteiger partial charge in [0.05, 0.1) is 5.56 Å². The van der Waals surface area contributed by atoms with Gasteiger partial charge in [0.15, 0.2) is 0 Å². The summed E-state index contributed by atoms with van der Waals surface area (Å²) in [7, 11) is 2.15. The van der Waals surface area contributed by atoms with Crippen LogP contribution in [0, 0.1) is 0 Å². The van der Waals surface area contributed by atoms with Crippen LogP contribution in [0.4, 0.5) is 5.69 Å². The minimum atomic E-state index is -0.331. The highest BCUT2D eigenvalue weighted by Crippen LogP contribution is 2.31. The van der Waals surface area contributed by atoms with Crippen molar-refractivity contribution in [3.8, 4) is 5.75 Å². The number of carbonyl (C=O) groups is 1. The Balaban J connectivity index is 1.63. The lowest BCUT2D eigenvalue weighted by molar-refractivity contribution is 0.0735. The molecular weight excluding hydrogens is 324 g/mol. The predicted molar refractivity (Wildman–Crippen MR) is 105 cm³/mol. The van der Waals surface area contributed by atoms with Gasteiger partial charge in [0, 0.05) is 37.3 Å². The number of fused-ring (bicyclic) bond motifs is 1. The van der Waals surface area contributed by atoms with Gasteiger partial charge in [0.1, 0.15) is 5.75 Å². The van der Waals surface area contributed by atoms with Crippen molar-refractivity contribution in [2.24, 2.45) is 0 Å². The molecule has 0 N–H and O–H groups in total. The molecule has 26 heavy (non-hydrogen) atoms. The molecule has 0 aromatic heterocycles. The first-order valence-corrected chi connectivity index (χ1v) is 8.94. The van der Waals surface area contributed by atoms with Crippen molar-refractivity contribution in [3.63, 3.8) is 0 Å². The number of esters is 1. The highest BCUT2D eigenvalue weighted by Gasteiger charge is 2.17. The number of rotatable bonds is 3. The average molecular weight is 346 g/mol. The monoisotopic (exact) mass is 346 g/mol. The summed E-state index contributed by atoms with van der Waals surface area (Å²) in [5.41, 5.74) is 1.76. The van der Waals surface area contributed by atoms with Gasteiger partial charge < -0.3 is 14.5 Å². The number of benzene rings is 3. The van der Waals surface area contributed by atoms with E-state index in [-0.39, 0.29) is 5.97 Å². The van der Waals surface area contributed by atoms with E-state index in [1.165, 1.54) is 5.69 Å². The lowest BCUT2D eigenvalue weighted by atomic mass is 10.1. The summed E-state index contributed by atoms with van der Waals surface area (Å²) < 4.78 is 5.60. The molecule has 1 saturated heterocycles. The standard InChI is InChI=1S/C22H22N2O2/c1-23-12-14-24(15-13-23)21-9-5-8-17-10-11-19(16-20(17)21)26-22(25)18-6-3-2-4-7-18/h2-11,16H,12-15H2,1H3. The van der Waals surface area contributed by atoms with Crippen molar-refractivity contribution in [2.75, 3.05) is 38.1 Å². The van der Waals surface area contributed by atoms with Gasteiger partial charge in [0.2, 0.25) is 0 Å². The first-order valence-electron chi connectivity index (χ1n) is 8.94. The van der Waals surface area contributed by atoms with Crippen molar-refractivity contribution >= 4 is 22.4 Å². The Kier molecular flexibility index (Phi) is 4.59. The number of carbonyl (C=O) groups excluding carboxylic acids is 1. The number of hydrogen-bond donors (Lipinski definition) is 0. The molecule has 0 amide bonds. The van der Waals surface area contributed by atoms with Gasteiger partial charge in [-0.3, -0.25) is 0 Å². The zero-order chi connectivity index (χ0) is 17.9. The summed E-state index contributed by atoms with van der Waals surface area (Å²) in [6, 6.07) is 21.3. The van der Waals surface area contributed by atoms with Crippen LogP contribution < -0.4 is 9.64 Å². The average Bonchev–Trinajstić information content (AvgIpc) is 2.69. The third-order valence-corrected chi connectivity index (χ3v) is 4.89. The van der Waals surface area contributed by atoms with Gasteiger partial charge in [-0.05, 0) is 42.8 Å². The summed E-state index contributed by atoms with van der Waals surface area (Å²) in [6.45, 7) is 4.12. The lowest BCUT2D eigenvalue weighted by Crippen LogP contribution is -2.44. The maximum Gasteiger partial charge on any atom is 0.343 e. The fraction of sp³-hybridized carbons (Fsp3) is 0.227. The van der Waals surface area contributed by atoms with Crippen molar-refractivity contribution in [1.29, 1.82) is 0 Å². The number of nitrogens with zero attached hydrogens (tertiary/aromatic N) is 2. The van der Waals surface area contributed by atoms with E-state index in [9.17, 15) is 4.79 Å². The summed E-state index contributed by atoms with van der Waals surface area (Å²) >= 11 is 0. The second kappa shape index (κ2) is 7.18. The molecule has 4 heteroatoms. The first kappa shape index (κ1) is 16.6. The quantitative estimate of drug-likeness (QED) is 0.533. The molecule has 0 bridgehead atoms. The normalized spacial score (nSPS) is 15.2. The summed E-state index contributed by atoms with van der Waals surface area (Å²) in [5.74, 6) is 0.245. The molecule has 0 unspecified atom stereocenters. The minimum absolute atomic E-state index is 0.331. The molecule has 3 aromatic carbocycles. The van der Waals surface area contributed by atoms with Crippen LogP contribution in [0.5, 0.6) is 5.75 Å². The molecule has 0 saturated carbocycles. The summed E-state index contributed by atoms with van der Waals surface area (Å²) in [4.78, 5) is 17.1. The predicted octanol–water partition coefficient (Wildman–Crippen LogP) is 3.81. The zero-order valence-electron chi connectivity index (χ0n) is 14.9. The van der Waals surface area contributed by atoms with E-state index < -0.39 is 0 Å². The van der Waals surface area contributed by atoms with Crippen LogP contribution in [0.3, 0.4) is 0 Å². The van der Waals surface area contributed by atoms with Gasteiger partial charge in [-0.2, -0.15) is 0 Å². The molecule has 1 heterocycles. The fourth-order valence-corrected chi connectivity index (χ4v) is 3.36. The first-order chi connectivity index (χ1) is 12.7. The molecule has 0 aliphatic carbocycles. The smallest absolute Gasteiger partial charge is 0.343 e. The topological polar surface area (TPSA) is 32.8 Å². The Morgan fingerprint density at radius 1 is 0.885 bits per heavy atom. The molecule has 1 aliphatic heterocycles. The largest absolute Gasteiger partial charge is 0.423 e. The Bertz CT molecular complexity index is 916. The molecule has 4 rings (SSSR count). The van der Waals surface area contributed by atoms with Gasteiger partial charge in [0.25, 0.3) is 0 Å². The Hall–Kier alpha value is -2.85. The van der Waals surface area contributed by atoms with Crippen LogP contribution >= 0.6 is 0 Å². The molecule has 4 nitrogen and oxygen atoms in total. The molecule has 0 radical (unpaired) electrons. The fourth-order valence-electron chi connectivity index (χ4n) is 3.36. The Labute approximate surface area is 153 Å². The number of ether oxygens (including phenoxy) is 1. The van der Waals surface area contributed by atoms with Gasteiger partial charge in [-0.1, -0.05) is 36.4 Å². The van der Waals surface area contributed by atoms with Crippen LogP contribution in [0.15, 0.2) is 66.7 Å². The van der Waals surface area contributed by atoms with E-state index >= 15 is 0 Å². The van der Waals surface area contributed by atoms with E-state index in [0.717, 1.165) is 37.0 Å². The van der Waals surface area contributed by atoms with E-state index in [4.69, 9.17) is 4.74 Å². The summed E-state index contributed by atoms with van der Waals surface area (Å²) in [6.07, 6.45) is 0. The number of piperazine rings is 1. The zero-order valence-corrected chi connectivity index (χ0v) is 14.9. The van der Waals surface area contributed by atoms with Crippen molar-refractivity contribution in [3.05, 3.63) is 72.3 Å². The van der Waals surface area contributed by atoms with Crippen molar-refractivity contribution in [2.45, 2.75) is 0 Å². The van der Waals surface area contributed by atoms with E-state index in [2.05, 4.69) is 35.0 Å². The molecule has 0 atom stereocenters. The second-order valence-corrected chi connectivity index (χ2v) is 6.71. The second-order valence-electron chi connectivity index (χ2n) is 6.71. The Morgan fingerprint density at radius 3 is 2.42 bits per heavy atom. The van der Waals surface area contributed by atoms with E-state index in [1.54, 1.807) is 12.1 Å².